The summed E-state index contributed by atoms with van der Waals surface area (Å²) in [5, 5.41) is 88.0. The van der Waals surface area contributed by atoms with Gasteiger partial charge in [-0.2, -0.15) is 0 Å². The zero-order valence-corrected chi connectivity index (χ0v) is 65.4. The summed E-state index contributed by atoms with van der Waals surface area (Å²) in [5.41, 5.74) is 2.92. The summed E-state index contributed by atoms with van der Waals surface area (Å²) < 4.78 is 29.8. The Hall–Kier alpha value is -13.1. The van der Waals surface area contributed by atoms with E-state index < -0.39 is 83.9 Å². The summed E-state index contributed by atoms with van der Waals surface area (Å²) >= 11 is 0. The fraction of sp³-hybridized carbons (Fsp3) is 0.400. The second kappa shape index (κ2) is 65.2. The number of carbonyl (C=O) groups is 4. The molecule has 14 atom stereocenters. The van der Waals surface area contributed by atoms with Crippen LogP contribution in [0.4, 0.5) is 0 Å². The lowest BCUT2D eigenvalue weighted by Crippen LogP contribution is -2.64. The lowest BCUT2D eigenvalue weighted by atomic mass is 9.81. The first-order chi connectivity index (χ1) is 57.3. The number of cyclic esters (lactones) is 1. The number of fused-ring (bicyclic) bond motifs is 3. The molecule has 670 valence electrons. The Labute approximate surface area is 736 Å². The molecule has 118 heavy (non-hydrogen) atoms. The highest BCUT2D eigenvalue weighted by atomic mass is 17.9. The van der Waals surface area contributed by atoms with Gasteiger partial charge < -0.3 is 49.0 Å². The van der Waals surface area contributed by atoms with Gasteiger partial charge in [-0.15, -0.1) is 6.42 Å². The normalized spacial score (nSPS) is 22.9. The molecule has 2 bridgehead atoms. The second-order valence-electron chi connectivity index (χ2n) is 24.0. The number of nitrogens with one attached hydrogen (secondary N) is 1. The number of hydrogen-bond donors (Lipinski definition) is 7. The minimum absolute atomic E-state index is 0. The van der Waals surface area contributed by atoms with Gasteiger partial charge in [0.25, 0.3) is 11.7 Å². The molecule has 3 aliphatic heterocycles. The average molecular weight is 1670 g/mol. The molecule has 7 N–H and O–H groups in total. The number of aliphatic hydroxyl groups is 4. The molecule has 2 saturated heterocycles. The van der Waals surface area contributed by atoms with Crippen molar-refractivity contribution in [2.45, 2.75) is 167 Å². The number of terminal acetylenes is 1. The van der Waals surface area contributed by atoms with Crippen LogP contribution in [0.5, 0.6) is 0 Å². The van der Waals surface area contributed by atoms with Crippen molar-refractivity contribution in [3.63, 3.8) is 0 Å². The SMILES string of the molecule is C#CC#CC#CC#CC#CC#CC#CC#CC#CC#CC#CC#CC#CC#CC#CC#CC#CC#CC#CC#CC#CC#CC.CO[C@H]1C[C@@H](C)C/C(C)=C/[C@@H](C/C=C/CO)C(=O)C[C@H](O)[C@@H](C)[C@@H](/C(C)=C/[C@@H]2CC[C@@H](O)[C@H](OC)C2)OC(=O)[C@@H]2CCCCN2C(=O)C(=O)[C@]2(O)O[C@H]1[C@@H](OC)C[C@H]2C.OOOOOONOOOOOOO.[HH].[HH].[HH].[HH].[HH].[HH].[HH].[HH].[HH].[HH].[HH].[HH].[HH].[HH].[HH].[HH].[HH].[HH].[HH].[HH].[HH].[HH].[HH].[HH].[HH].[HH].[HH].[HH].[HH].[HH].[HH].[HH].[HH]. The van der Waals surface area contributed by atoms with Crippen molar-refractivity contribution in [1.82, 2.24) is 10.5 Å². The quantitative estimate of drug-likeness (QED) is 0.0120. The van der Waals surface area contributed by atoms with E-state index >= 15 is 0 Å². The monoisotopic (exact) mass is 1670 g/mol. The second-order valence-corrected chi connectivity index (χ2v) is 24.0. The van der Waals surface area contributed by atoms with Crippen LogP contribution in [0, 0.1) is 291 Å². The van der Waals surface area contributed by atoms with Crippen LogP contribution in [-0.2, 0) is 98.2 Å². The van der Waals surface area contributed by atoms with Crippen molar-refractivity contribution in [1.29, 1.82) is 0 Å². The molecule has 0 radical (unpaired) electrons. The number of amides is 1. The van der Waals surface area contributed by atoms with Gasteiger partial charge in [-0.05, 0) is 248 Å². The van der Waals surface area contributed by atoms with Gasteiger partial charge in [0.05, 0.1) is 37.1 Å². The van der Waals surface area contributed by atoms with Gasteiger partial charge in [0.15, 0.2) is 0 Å². The summed E-state index contributed by atoms with van der Waals surface area (Å²) in [4.78, 5) is 65.4. The fourth-order valence-corrected chi connectivity index (χ4v) is 11.0. The largest absolute Gasteiger partial charge is 0.456 e. The number of ketones is 2. The molecular formula is C90H144N2O26. The number of esters is 1. The highest BCUT2D eigenvalue weighted by Crippen LogP contribution is 2.39. The first-order valence-corrected chi connectivity index (χ1v) is 35.1. The number of Topliss-reactive ketones (excluding diaryl/α,β-unsaturated/α-hetero) is 2. The fourth-order valence-electron chi connectivity index (χ4n) is 11.0. The molecule has 28 nitrogen and oxygen atoms in total. The summed E-state index contributed by atoms with van der Waals surface area (Å²) in [5.74, 6) is 98.8. The van der Waals surface area contributed by atoms with E-state index in [-0.39, 0.29) is 103 Å². The summed E-state index contributed by atoms with van der Waals surface area (Å²) in [6, 6.07) is -1.16. The van der Waals surface area contributed by atoms with Crippen LogP contribution in [0.3, 0.4) is 0 Å². The molecule has 0 aromatic carbocycles. The highest BCUT2D eigenvalue weighted by Gasteiger charge is 2.57. The standard InChI is InChI=1S/C45H71NO13.C45H4.H3NO13.33H2/c1-26-19-27(2)21-38(56-7)41-39(57-8)23-29(4)45(54,59-41)42(51)43(52)46-17-11-9-14-33(46)44(53)58-40(28(3)22-31-15-16-34(48)37(24-31)55-6)30(5)35(49)25-36(50)32(20-26)13-10-12-18-47;1-3-5-7-9-11-13-15-17-19-21-23-25-27-29-31-33-35-37-39-41-43-45-44-42-40-38-36-34-32-30-28-26-24-22-20-18-16-14-12-10-8-6-4-2;2-6-10-12-8-4-1-5-9-13-14-11-7-3;;;;;;;;;;;;;;;;;;;;;;;;;;;;;;;;;/h10,12,20,22,27,29-35,37-41,47-49,54H,9,11,13-19,21,23-25H2,1-8H3;1H,2H3;1-3H;33*1H/b12-10+,26-20+,28-22+;;;;;;;;;;;;;;;;;;;;;;;;;;;;;;;;;;;/t27-,29+,30+,31-,32+,33-,34+,35-,37+,38-,39-,40+,41+,45+;;;;;;;;;;;;;;;;;;;;;;;;;;;;;;;;;;;/m0.................................../s1. The Morgan fingerprint density at radius 1 is 0.568 bits per heavy atom. The molecule has 3 fully saturated rings. The van der Waals surface area contributed by atoms with Gasteiger partial charge in [0.1, 0.15) is 24.0 Å². The Morgan fingerprint density at radius 3 is 1.43 bits per heavy atom. The van der Waals surface area contributed by atoms with Gasteiger partial charge >= 0.3 is 5.97 Å². The zero-order valence-electron chi connectivity index (χ0n) is 65.4. The maximum Gasteiger partial charge on any atom is 0.329 e. The Kier molecular flexibility index (Phi) is 55.8. The molecule has 4 rings (SSSR count). The van der Waals surface area contributed by atoms with Gasteiger partial charge in [-0.3, -0.25) is 14.4 Å². The molecule has 4 aliphatic rings. The van der Waals surface area contributed by atoms with E-state index in [4.69, 9.17) is 40.6 Å². The number of ether oxygens (including phenoxy) is 5. The maximum atomic E-state index is 14.3. The molecule has 0 aromatic rings. The van der Waals surface area contributed by atoms with Crippen molar-refractivity contribution >= 4 is 23.4 Å². The number of piperidine rings is 1. The van der Waals surface area contributed by atoms with E-state index in [0.717, 1.165) is 5.57 Å². The van der Waals surface area contributed by atoms with Crippen LogP contribution >= 0.6 is 0 Å². The predicted octanol–water partition coefficient (Wildman–Crippen LogP) is 11.6. The number of allylic oxidation sites excluding steroid dienone is 4. The van der Waals surface area contributed by atoms with Crippen LogP contribution in [-0.4, -0.2) is 148 Å². The number of rotatable bonds is 19. The van der Waals surface area contributed by atoms with Gasteiger partial charge in [0, 0.05) is 253 Å². The topological polar surface area (TPSA) is 353 Å². The third kappa shape index (κ3) is 44.0. The summed E-state index contributed by atoms with van der Waals surface area (Å²) in [6.07, 6.45) is 11.0. The first-order valence-electron chi connectivity index (χ1n) is 35.1. The van der Waals surface area contributed by atoms with Gasteiger partial charge in [-0.25, -0.2) is 15.3 Å². The molecule has 0 unspecified atom stereocenters. The van der Waals surface area contributed by atoms with E-state index in [0.29, 0.717) is 56.9 Å². The molecule has 1 aliphatic carbocycles. The van der Waals surface area contributed by atoms with Crippen molar-refractivity contribution in [2.24, 2.45) is 29.6 Å². The number of methoxy groups -OCH3 is 3. The minimum Gasteiger partial charge on any atom is -0.456 e. The molecule has 0 spiro atoms. The van der Waals surface area contributed by atoms with Gasteiger partial charge in [0.2, 0.25) is 5.79 Å². The van der Waals surface area contributed by atoms with E-state index in [9.17, 15) is 39.6 Å². The maximum absolute atomic E-state index is 14.3. The molecule has 0 aromatic heterocycles. The molecule has 1 saturated carbocycles. The van der Waals surface area contributed by atoms with Crippen LogP contribution in [0.1, 0.15) is 159 Å². The Bertz CT molecular complexity index is 5150. The molecular weight excluding hydrogens is 1520 g/mol. The lowest BCUT2D eigenvalue weighted by molar-refractivity contribution is -0.808. The van der Waals surface area contributed by atoms with Crippen molar-refractivity contribution in [2.75, 3.05) is 34.5 Å². The van der Waals surface area contributed by atoms with Crippen molar-refractivity contribution < 1.29 is 176 Å². The highest BCUT2D eigenvalue weighted by molar-refractivity contribution is 6.39. The summed E-state index contributed by atoms with van der Waals surface area (Å²) in [7, 11) is 4.59. The predicted molar refractivity (Wildman–Crippen MR) is 487 cm³/mol. The van der Waals surface area contributed by atoms with Crippen LogP contribution in [0.2, 0.25) is 0 Å². The Balaban J connectivity index is -0.0000000470. The minimum atomic E-state index is -2.53. The van der Waals surface area contributed by atoms with Crippen LogP contribution in [0.15, 0.2) is 35.5 Å². The number of carbonyl (C=O) groups excluding carboxylic acids is 4. The van der Waals surface area contributed by atoms with E-state index in [2.05, 4.69) is 310 Å². The zero-order chi connectivity index (χ0) is 86.5. The number of aliphatic hydroxyl groups excluding tert-OH is 3. The molecule has 1 amide bonds. The third-order valence-corrected chi connectivity index (χ3v) is 16.1. The van der Waals surface area contributed by atoms with E-state index in [1.807, 2.05) is 26.0 Å². The Morgan fingerprint density at radius 2 is 1.00 bits per heavy atom. The lowest BCUT2D eigenvalue weighted by Gasteiger charge is -2.47. The molecule has 28 heteroatoms. The number of nitrogens with zero attached hydrogens (tertiary/aromatic N) is 1. The smallest absolute Gasteiger partial charge is 0.329 e. The third-order valence-electron chi connectivity index (χ3n) is 16.1. The van der Waals surface area contributed by atoms with Gasteiger partial charge in [-0.1, -0.05) is 66.5 Å². The van der Waals surface area contributed by atoms with Crippen molar-refractivity contribution in [3.05, 3.63) is 35.5 Å². The van der Waals surface area contributed by atoms with E-state index in [1.54, 1.807) is 47.0 Å². The van der Waals surface area contributed by atoms with Crippen LogP contribution < -0.4 is 5.64 Å². The number of hydrogen-bond acceptors (Lipinski definition) is 27. The summed E-state index contributed by atoms with van der Waals surface area (Å²) in [6.45, 7) is 10.7. The molecule has 3 heterocycles. The van der Waals surface area contributed by atoms with Crippen molar-refractivity contribution in [3.8, 4) is 261 Å². The average Bonchev–Trinajstić information content (AvgIpc) is 0.790. The first kappa shape index (κ1) is 101. The van der Waals surface area contributed by atoms with Crippen LogP contribution in [0.25, 0.3) is 0 Å². The van der Waals surface area contributed by atoms with E-state index in [1.165, 1.54) is 24.8 Å².